The molecule has 0 saturated carbocycles. The van der Waals surface area contributed by atoms with Crippen molar-refractivity contribution >= 4 is 11.7 Å². The van der Waals surface area contributed by atoms with Crippen molar-refractivity contribution in [2.75, 3.05) is 19.0 Å². The van der Waals surface area contributed by atoms with E-state index in [1.165, 1.54) is 22.3 Å². The van der Waals surface area contributed by atoms with E-state index in [0.29, 0.717) is 18.0 Å². The Kier molecular flexibility index (Phi) is 6.90. The van der Waals surface area contributed by atoms with Crippen LogP contribution in [-0.2, 0) is 0 Å². The number of aryl methyl sites for hydroxylation is 2. The summed E-state index contributed by atoms with van der Waals surface area (Å²) in [5.74, 6) is 0.940. The fourth-order valence-electron chi connectivity index (χ4n) is 3.33. The highest BCUT2D eigenvalue weighted by Gasteiger charge is 2.14. The van der Waals surface area contributed by atoms with Crippen LogP contribution < -0.4 is 15.4 Å². The third-order valence-electron chi connectivity index (χ3n) is 5.01. The third-order valence-corrected chi connectivity index (χ3v) is 5.01. The number of carbonyl (C=O) groups is 1. The van der Waals surface area contributed by atoms with Gasteiger partial charge in [0.05, 0.1) is 7.11 Å². The van der Waals surface area contributed by atoms with Gasteiger partial charge in [-0.05, 0) is 43.5 Å². The van der Waals surface area contributed by atoms with Crippen LogP contribution >= 0.6 is 0 Å². The van der Waals surface area contributed by atoms with Crippen molar-refractivity contribution in [3.63, 3.8) is 0 Å². The topological polar surface area (TPSA) is 50.4 Å². The zero-order chi connectivity index (χ0) is 20.6. The summed E-state index contributed by atoms with van der Waals surface area (Å²) in [6.07, 6.45) is 0.817. The lowest BCUT2D eigenvalue weighted by Gasteiger charge is -2.19. The molecule has 4 nitrogen and oxygen atoms in total. The molecule has 4 heteroatoms. The van der Waals surface area contributed by atoms with Crippen LogP contribution in [0.4, 0.5) is 10.5 Å². The number of rotatable bonds is 7. The van der Waals surface area contributed by atoms with Crippen LogP contribution in [0.2, 0.25) is 0 Å². The SMILES string of the molecule is COc1cccc(NC(=O)NCCC(c2ccc(C)cc2)c2ccc(C)cc2)c1. The number of methoxy groups -OCH3 is 1. The maximum Gasteiger partial charge on any atom is 0.319 e. The molecule has 0 fully saturated rings. The van der Waals surface area contributed by atoms with Crippen LogP contribution in [0.25, 0.3) is 0 Å². The highest BCUT2D eigenvalue weighted by atomic mass is 16.5. The first-order valence-electron chi connectivity index (χ1n) is 9.87. The molecule has 0 aliphatic rings. The van der Waals surface area contributed by atoms with E-state index >= 15 is 0 Å². The lowest BCUT2D eigenvalue weighted by molar-refractivity contribution is 0.252. The highest BCUT2D eigenvalue weighted by Crippen LogP contribution is 2.28. The number of benzene rings is 3. The van der Waals surface area contributed by atoms with Gasteiger partial charge in [0.25, 0.3) is 0 Å². The minimum absolute atomic E-state index is 0.218. The number of carbonyl (C=O) groups excluding carboxylic acids is 1. The number of amides is 2. The quantitative estimate of drug-likeness (QED) is 0.549. The summed E-state index contributed by atoms with van der Waals surface area (Å²) in [6.45, 7) is 4.76. The molecule has 29 heavy (non-hydrogen) atoms. The Hall–Kier alpha value is -3.27. The fourth-order valence-corrected chi connectivity index (χ4v) is 3.33. The van der Waals surface area contributed by atoms with Gasteiger partial charge < -0.3 is 15.4 Å². The maximum atomic E-state index is 12.3. The maximum absolute atomic E-state index is 12.3. The molecular weight excluding hydrogens is 360 g/mol. The molecule has 0 heterocycles. The average Bonchev–Trinajstić information content (AvgIpc) is 2.73. The first-order valence-corrected chi connectivity index (χ1v) is 9.87. The number of nitrogens with one attached hydrogen (secondary N) is 2. The zero-order valence-corrected chi connectivity index (χ0v) is 17.2. The molecule has 0 unspecified atom stereocenters. The monoisotopic (exact) mass is 388 g/mol. The number of urea groups is 1. The van der Waals surface area contributed by atoms with E-state index in [0.717, 1.165) is 6.42 Å². The van der Waals surface area contributed by atoms with Crippen molar-refractivity contribution in [2.45, 2.75) is 26.2 Å². The summed E-state index contributed by atoms with van der Waals surface area (Å²) >= 11 is 0. The van der Waals surface area contributed by atoms with Gasteiger partial charge in [0, 0.05) is 24.2 Å². The molecule has 0 saturated heterocycles. The lowest BCUT2D eigenvalue weighted by atomic mass is 9.88. The van der Waals surface area contributed by atoms with Gasteiger partial charge in [-0.3, -0.25) is 0 Å². The molecule has 0 spiro atoms. The Morgan fingerprint density at radius 1 is 0.897 bits per heavy atom. The molecule has 3 rings (SSSR count). The molecule has 0 aliphatic heterocycles. The summed E-state index contributed by atoms with van der Waals surface area (Å²) in [5.41, 5.74) is 5.71. The number of hydrogen-bond acceptors (Lipinski definition) is 2. The van der Waals surface area contributed by atoms with E-state index in [1.54, 1.807) is 13.2 Å². The summed E-state index contributed by atoms with van der Waals surface area (Å²) in [5, 5.41) is 5.83. The Morgan fingerprint density at radius 3 is 2.03 bits per heavy atom. The van der Waals surface area contributed by atoms with Crippen molar-refractivity contribution in [3.8, 4) is 5.75 Å². The number of anilines is 1. The van der Waals surface area contributed by atoms with Crippen LogP contribution in [0.15, 0.2) is 72.8 Å². The van der Waals surface area contributed by atoms with E-state index in [1.807, 2.05) is 18.2 Å². The van der Waals surface area contributed by atoms with Gasteiger partial charge in [0.1, 0.15) is 5.75 Å². The van der Waals surface area contributed by atoms with Gasteiger partial charge in [-0.2, -0.15) is 0 Å². The number of hydrogen-bond donors (Lipinski definition) is 2. The highest BCUT2D eigenvalue weighted by molar-refractivity contribution is 5.89. The van der Waals surface area contributed by atoms with Gasteiger partial charge in [0.2, 0.25) is 0 Å². The van der Waals surface area contributed by atoms with Crippen LogP contribution in [0.1, 0.15) is 34.6 Å². The second kappa shape index (κ2) is 9.78. The standard InChI is InChI=1S/C25H28N2O2/c1-18-7-11-20(12-8-18)24(21-13-9-19(2)10-14-21)15-16-26-25(28)27-22-5-4-6-23(17-22)29-3/h4-14,17,24H,15-16H2,1-3H3,(H2,26,27,28). The van der Waals surface area contributed by atoms with E-state index < -0.39 is 0 Å². The molecule has 2 amide bonds. The molecule has 0 aromatic heterocycles. The summed E-state index contributed by atoms with van der Waals surface area (Å²) in [7, 11) is 1.61. The van der Waals surface area contributed by atoms with Crippen molar-refractivity contribution in [3.05, 3.63) is 95.1 Å². The van der Waals surface area contributed by atoms with Gasteiger partial charge in [-0.1, -0.05) is 65.7 Å². The largest absolute Gasteiger partial charge is 0.497 e. The number of ether oxygens (including phenoxy) is 1. The summed E-state index contributed by atoms with van der Waals surface area (Å²) in [4.78, 5) is 12.3. The van der Waals surface area contributed by atoms with Crippen molar-refractivity contribution in [1.82, 2.24) is 5.32 Å². The summed E-state index contributed by atoms with van der Waals surface area (Å²) < 4.78 is 5.19. The van der Waals surface area contributed by atoms with Gasteiger partial charge in [-0.15, -0.1) is 0 Å². The molecule has 0 atom stereocenters. The second-order valence-electron chi connectivity index (χ2n) is 7.28. The van der Waals surface area contributed by atoms with Gasteiger partial charge >= 0.3 is 6.03 Å². The molecule has 150 valence electrons. The van der Waals surface area contributed by atoms with Crippen LogP contribution in [0, 0.1) is 13.8 Å². The zero-order valence-electron chi connectivity index (χ0n) is 17.2. The first kappa shape index (κ1) is 20.5. The molecule has 0 bridgehead atoms. The van der Waals surface area contributed by atoms with E-state index in [-0.39, 0.29) is 11.9 Å². The lowest BCUT2D eigenvalue weighted by Crippen LogP contribution is -2.30. The first-order chi connectivity index (χ1) is 14.0. The Labute approximate surface area is 172 Å². The molecule has 3 aromatic carbocycles. The Morgan fingerprint density at radius 2 is 1.48 bits per heavy atom. The normalized spacial score (nSPS) is 10.6. The minimum Gasteiger partial charge on any atom is -0.497 e. The predicted molar refractivity (Wildman–Crippen MR) is 119 cm³/mol. The molecule has 2 N–H and O–H groups in total. The van der Waals surface area contributed by atoms with Crippen LogP contribution in [0.5, 0.6) is 5.75 Å². The molecule has 0 aliphatic carbocycles. The van der Waals surface area contributed by atoms with E-state index in [4.69, 9.17) is 4.74 Å². The summed E-state index contributed by atoms with van der Waals surface area (Å²) in [6, 6.07) is 24.4. The van der Waals surface area contributed by atoms with Crippen LogP contribution in [-0.4, -0.2) is 19.7 Å². The second-order valence-corrected chi connectivity index (χ2v) is 7.28. The van der Waals surface area contributed by atoms with Crippen molar-refractivity contribution in [1.29, 1.82) is 0 Å². The smallest absolute Gasteiger partial charge is 0.319 e. The molecule has 3 aromatic rings. The fraction of sp³-hybridized carbons (Fsp3) is 0.240. The third kappa shape index (κ3) is 5.85. The van der Waals surface area contributed by atoms with Crippen molar-refractivity contribution in [2.24, 2.45) is 0 Å². The molecular formula is C25H28N2O2. The minimum atomic E-state index is -0.218. The van der Waals surface area contributed by atoms with E-state index in [9.17, 15) is 4.79 Å². The van der Waals surface area contributed by atoms with E-state index in [2.05, 4.69) is 73.0 Å². The predicted octanol–water partition coefficient (Wildman–Crippen LogP) is 5.66. The molecule has 0 radical (unpaired) electrons. The van der Waals surface area contributed by atoms with Crippen LogP contribution in [0.3, 0.4) is 0 Å². The van der Waals surface area contributed by atoms with Crippen molar-refractivity contribution < 1.29 is 9.53 Å². The Balaban J connectivity index is 1.64. The van der Waals surface area contributed by atoms with Gasteiger partial charge in [-0.25, -0.2) is 4.79 Å². The average molecular weight is 389 g/mol. The Bertz CT molecular complexity index is 888. The van der Waals surface area contributed by atoms with Gasteiger partial charge in [0.15, 0.2) is 0 Å².